The fourth-order valence-electron chi connectivity index (χ4n) is 5.35. The lowest BCUT2D eigenvalue weighted by Crippen LogP contribution is -2.39. The third-order valence-electron chi connectivity index (χ3n) is 7.62. The summed E-state index contributed by atoms with van der Waals surface area (Å²) < 4.78 is 21.1. The number of aliphatic hydroxyl groups is 1. The zero-order valence-electron chi connectivity index (χ0n) is 28.8. The van der Waals surface area contributed by atoms with E-state index in [1.54, 1.807) is 43.6 Å². The molecular weight excluding hydrogens is 587 g/mol. The zero-order chi connectivity index (χ0) is 34.5. The van der Waals surface area contributed by atoms with Crippen LogP contribution in [0, 0.1) is 18.2 Å². The van der Waals surface area contributed by atoms with Crippen molar-refractivity contribution in [1.29, 1.82) is 0 Å². The number of aryl methyl sites for hydroxylation is 1. The number of aliphatic carboxylic acids is 1. The number of carboxylic acid groups (broad SMARTS) is 1. The van der Waals surface area contributed by atoms with Crippen LogP contribution in [0.4, 0.5) is 10.1 Å². The average molecular weight is 641 g/mol. The first-order valence-electron chi connectivity index (χ1n) is 16.1. The number of hydrogen-bond acceptors (Lipinski definition) is 7. The molecule has 1 aromatic carbocycles. The highest BCUT2D eigenvalue weighted by Gasteiger charge is 2.32. The summed E-state index contributed by atoms with van der Waals surface area (Å²) in [5.74, 6) is -0.640. The van der Waals surface area contributed by atoms with Crippen LogP contribution in [-0.4, -0.2) is 64.4 Å². The number of aldehydes is 1. The van der Waals surface area contributed by atoms with Gasteiger partial charge in [0.1, 0.15) is 23.9 Å². The van der Waals surface area contributed by atoms with E-state index in [1.165, 1.54) is 12.1 Å². The summed E-state index contributed by atoms with van der Waals surface area (Å²) >= 11 is 0. The number of rotatable bonds is 12. The fourth-order valence-corrected chi connectivity index (χ4v) is 5.35. The SMILES string of the molecule is CC.CC(C)(C)O.CNCc1ccc(F)cc1OC/C=C/CCC1(C)CCN(c2c(CC(=O)O)c(C)cn3nc(C=O)cc23)CC1. The number of fused-ring (bicyclic) bond motifs is 1. The van der Waals surface area contributed by atoms with E-state index >= 15 is 0 Å². The highest BCUT2D eigenvalue weighted by Crippen LogP contribution is 2.40. The molecule has 1 fully saturated rings. The molecule has 3 aromatic rings. The van der Waals surface area contributed by atoms with Gasteiger partial charge in [-0.15, -0.1) is 0 Å². The Hall–Kier alpha value is -3.76. The third-order valence-corrected chi connectivity index (χ3v) is 7.62. The molecule has 1 aliphatic rings. The molecule has 0 amide bonds. The van der Waals surface area contributed by atoms with Gasteiger partial charge in [-0.1, -0.05) is 39.0 Å². The van der Waals surface area contributed by atoms with Gasteiger partial charge in [-0.2, -0.15) is 5.10 Å². The van der Waals surface area contributed by atoms with Crippen molar-refractivity contribution < 1.29 is 28.9 Å². The normalized spacial score (nSPS) is 14.3. The summed E-state index contributed by atoms with van der Waals surface area (Å²) in [5, 5.41) is 25.5. The molecule has 1 saturated heterocycles. The van der Waals surface area contributed by atoms with Crippen LogP contribution in [0.1, 0.15) is 94.4 Å². The molecule has 0 saturated carbocycles. The summed E-state index contributed by atoms with van der Waals surface area (Å²) in [7, 11) is 1.84. The quantitative estimate of drug-likeness (QED) is 0.147. The van der Waals surface area contributed by atoms with Gasteiger partial charge in [-0.3, -0.25) is 9.59 Å². The molecule has 254 valence electrons. The minimum Gasteiger partial charge on any atom is -0.489 e. The molecule has 2 aromatic heterocycles. The summed E-state index contributed by atoms with van der Waals surface area (Å²) in [4.78, 5) is 25.3. The van der Waals surface area contributed by atoms with Crippen LogP contribution in [0.25, 0.3) is 5.52 Å². The third kappa shape index (κ3) is 11.9. The van der Waals surface area contributed by atoms with Crippen LogP contribution in [0.2, 0.25) is 0 Å². The molecular formula is C36H53FN4O5. The van der Waals surface area contributed by atoms with Crippen LogP contribution in [0.15, 0.2) is 42.6 Å². The first kappa shape index (κ1) is 38.4. The number of benzene rings is 1. The lowest BCUT2D eigenvalue weighted by Gasteiger charge is -2.41. The largest absolute Gasteiger partial charge is 0.489 e. The number of carbonyl (C=O) groups is 2. The molecule has 0 bridgehead atoms. The second-order valence-electron chi connectivity index (χ2n) is 12.8. The summed E-state index contributed by atoms with van der Waals surface area (Å²) in [5.41, 5.74) is 4.16. The molecule has 1 aliphatic heterocycles. The van der Waals surface area contributed by atoms with Crippen molar-refractivity contribution in [3.05, 3.63) is 70.8 Å². The topological polar surface area (TPSA) is 116 Å². The number of carboxylic acids is 1. The second kappa shape index (κ2) is 17.8. The van der Waals surface area contributed by atoms with Crippen LogP contribution in [0.5, 0.6) is 5.75 Å². The highest BCUT2D eigenvalue weighted by molar-refractivity contribution is 5.86. The number of nitrogens with one attached hydrogen (secondary N) is 1. The lowest BCUT2D eigenvalue weighted by molar-refractivity contribution is -0.136. The van der Waals surface area contributed by atoms with Crippen molar-refractivity contribution in [2.24, 2.45) is 5.41 Å². The van der Waals surface area contributed by atoms with Crippen molar-refractivity contribution in [3.8, 4) is 5.75 Å². The first-order valence-corrected chi connectivity index (χ1v) is 16.1. The number of aromatic nitrogens is 2. The Labute approximate surface area is 273 Å². The molecule has 0 radical (unpaired) electrons. The van der Waals surface area contributed by atoms with Gasteiger partial charge in [0.25, 0.3) is 0 Å². The number of nitrogens with zero attached hydrogens (tertiary/aromatic N) is 3. The average Bonchev–Trinajstić information content (AvgIpc) is 3.40. The van der Waals surface area contributed by atoms with Crippen molar-refractivity contribution in [2.45, 2.75) is 92.7 Å². The number of anilines is 1. The maximum atomic E-state index is 13.6. The summed E-state index contributed by atoms with van der Waals surface area (Å²) in [6.07, 6.45) is 10.4. The van der Waals surface area contributed by atoms with Gasteiger partial charge in [-0.25, -0.2) is 8.91 Å². The van der Waals surface area contributed by atoms with E-state index in [1.807, 2.05) is 33.9 Å². The van der Waals surface area contributed by atoms with E-state index in [0.717, 1.165) is 66.7 Å². The van der Waals surface area contributed by atoms with Crippen molar-refractivity contribution in [1.82, 2.24) is 14.9 Å². The lowest BCUT2D eigenvalue weighted by atomic mass is 9.76. The highest BCUT2D eigenvalue weighted by atomic mass is 19.1. The minimum atomic E-state index is -0.882. The number of carbonyl (C=O) groups excluding carboxylic acids is 1. The maximum Gasteiger partial charge on any atom is 0.307 e. The fraction of sp³-hybridized carbons (Fsp3) is 0.528. The van der Waals surface area contributed by atoms with E-state index in [2.05, 4.69) is 28.3 Å². The molecule has 3 N–H and O–H groups in total. The molecule has 0 unspecified atom stereocenters. The Kier molecular flexibility index (Phi) is 14.9. The van der Waals surface area contributed by atoms with Crippen LogP contribution in [-0.2, 0) is 17.8 Å². The molecule has 0 aliphatic carbocycles. The number of allylic oxidation sites excluding steroid dienone is 1. The van der Waals surface area contributed by atoms with Gasteiger partial charge in [-0.05, 0) is 89.1 Å². The molecule has 9 nitrogen and oxygen atoms in total. The van der Waals surface area contributed by atoms with E-state index in [4.69, 9.17) is 9.84 Å². The van der Waals surface area contributed by atoms with E-state index in [9.17, 15) is 19.1 Å². The first-order chi connectivity index (χ1) is 21.7. The van der Waals surface area contributed by atoms with Crippen LogP contribution in [0.3, 0.4) is 0 Å². The van der Waals surface area contributed by atoms with Gasteiger partial charge in [0.2, 0.25) is 0 Å². The second-order valence-corrected chi connectivity index (χ2v) is 12.8. The Morgan fingerprint density at radius 2 is 1.83 bits per heavy atom. The predicted octanol–water partition coefficient (Wildman–Crippen LogP) is 6.77. The number of hydrogen-bond donors (Lipinski definition) is 3. The van der Waals surface area contributed by atoms with Gasteiger partial charge < -0.3 is 25.2 Å². The maximum absolute atomic E-state index is 13.6. The Morgan fingerprint density at radius 3 is 2.41 bits per heavy atom. The van der Waals surface area contributed by atoms with Crippen LogP contribution < -0.4 is 15.0 Å². The Balaban J connectivity index is 0.000000959. The monoisotopic (exact) mass is 640 g/mol. The summed E-state index contributed by atoms with van der Waals surface area (Å²) in [6.45, 7) is 16.0. The van der Waals surface area contributed by atoms with Crippen molar-refractivity contribution in [2.75, 3.05) is 31.6 Å². The van der Waals surface area contributed by atoms with E-state index in [0.29, 0.717) is 30.9 Å². The molecule has 0 spiro atoms. The molecule has 3 heterocycles. The smallest absolute Gasteiger partial charge is 0.307 e. The number of pyridine rings is 1. The molecule has 0 atom stereocenters. The van der Waals surface area contributed by atoms with Crippen LogP contribution >= 0.6 is 0 Å². The summed E-state index contributed by atoms with van der Waals surface area (Å²) in [6, 6.07) is 6.33. The van der Waals surface area contributed by atoms with E-state index in [-0.39, 0.29) is 17.7 Å². The minimum absolute atomic E-state index is 0.0774. The van der Waals surface area contributed by atoms with Gasteiger partial charge in [0.15, 0.2) is 6.29 Å². The van der Waals surface area contributed by atoms with Gasteiger partial charge >= 0.3 is 5.97 Å². The van der Waals surface area contributed by atoms with Gasteiger partial charge in [0.05, 0.1) is 23.2 Å². The number of ether oxygens (including phenoxy) is 1. The molecule has 4 rings (SSSR count). The van der Waals surface area contributed by atoms with Crippen molar-refractivity contribution >= 4 is 23.5 Å². The van der Waals surface area contributed by atoms with Gasteiger partial charge in [0, 0.05) is 37.5 Å². The molecule has 46 heavy (non-hydrogen) atoms. The standard InChI is InChI=1S/C30H37FN4O4.C4H10O.C2H6/c1-21-19-35-26(16-24(20-36)33-35)29(25(21)17-28(37)38)34-12-10-30(2,11-13-34)9-5-4-6-14-39-27-15-23(31)8-7-22(27)18-32-3;1-4(2,3)5;1-2/h4,6-8,15-16,19-20,32H,5,9-14,17-18H2,1-3H3,(H,37,38);5H,1-3H3;1-2H3/b6-4+;;. The Morgan fingerprint density at radius 1 is 1.17 bits per heavy atom. The number of piperidine rings is 1. The molecule has 10 heteroatoms. The van der Waals surface area contributed by atoms with Crippen molar-refractivity contribution in [3.63, 3.8) is 0 Å². The predicted molar refractivity (Wildman–Crippen MR) is 183 cm³/mol. The number of halogens is 1. The van der Waals surface area contributed by atoms with E-state index < -0.39 is 11.6 Å². The Bertz CT molecular complexity index is 1450. The zero-order valence-corrected chi connectivity index (χ0v) is 28.8.